The van der Waals surface area contributed by atoms with Crippen molar-refractivity contribution in [3.8, 4) is 0 Å². The van der Waals surface area contributed by atoms with Crippen molar-refractivity contribution in [2.45, 2.75) is 45.2 Å². The van der Waals surface area contributed by atoms with E-state index in [-0.39, 0.29) is 6.04 Å². The molecule has 0 bridgehead atoms. The van der Waals surface area contributed by atoms with E-state index in [0.717, 1.165) is 24.8 Å². The highest BCUT2D eigenvalue weighted by molar-refractivity contribution is 6.39. The van der Waals surface area contributed by atoms with Gasteiger partial charge >= 0.3 is 11.8 Å². The minimum Gasteiger partial charge on any atom is -0.345 e. The molecular weight excluding hydrogens is 316 g/mol. The predicted octanol–water partition coefficient (Wildman–Crippen LogP) is 2.56. The van der Waals surface area contributed by atoms with E-state index >= 15 is 0 Å². The van der Waals surface area contributed by atoms with Gasteiger partial charge < -0.3 is 10.6 Å². The van der Waals surface area contributed by atoms with Gasteiger partial charge in [-0.1, -0.05) is 31.9 Å². The second-order valence-corrected chi connectivity index (χ2v) is 6.80. The average molecular weight is 340 g/mol. The molecule has 2 unspecified atom stereocenters. The van der Waals surface area contributed by atoms with Crippen molar-refractivity contribution in [2.75, 3.05) is 5.32 Å². The zero-order chi connectivity index (χ0) is 17.6. The first-order chi connectivity index (χ1) is 12.1. The van der Waals surface area contributed by atoms with Crippen molar-refractivity contribution < 1.29 is 9.59 Å². The number of benzene rings is 1. The van der Waals surface area contributed by atoms with E-state index in [1.165, 1.54) is 6.42 Å². The van der Waals surface area contributed by atoms with Gasteiger partial charge in [0.15, 0.2) is 0 Å². The number of rotatable bonds is 4. The molecule has 6 nitrogen and oxygen atoms in total. The second kappa shape index (κ2) is 7.96. The smallest absolute Gasteiger partial charge is 0.313 e. The molecule has 2 amide bonds. The Morgan fingerprint density at radius 3 is 2.88 bits per heavy atom. The highest BCUT2D eigenvalue weighted by atomic mass is 16.2. The van der Waals surface area contributed by atoms with Gasteiger partial charge in [-0.25, -0.2) is 0 Å². The minimum absolute atomic E-state index is 0.105. The number of nitrogens with one attached hydrogen (secondary N) is 2. The van der Waals surface area contributed by atoms with Crippen LogP contribution in [0.15, 0.2) is 42.7 Å². The zero-order valence-electron chi connectivity index (χ0n) is 14.4. The Morgan fingerprint density at radius 2 is 2.12 bits per heavy atom. The van der Waals surface area contributed by atoms with Crippen LogP contribution in [0.3, 0.4) is 0 Å². The molecule has 0 spiro atoms. The topological polar surface area (TPSA) is 76.0 Å². The Balaban J connectivity index is 1.55. The van der Waals surface area contributed by atoms with Crippen molar-refractivity contribution in [1.29, 1.82) is 0 Å². The largest absolute Gasteiger partial charge is 0.345 e. The fourth-order valence-corrected chi connectivity index (χ4v) is 3.33. The molecule has 25 heavy (non-hydrogen) atoms. The highest BCUT2D eigenvalue weighted by Crippen LogP contribution is 2.23. The van der Waals surface area contributed by atoms with Crippen LogP contribution in [-0.2, 0) is 16.1 Å². The molecule has 3 rings (SSSR count). The van der Waals surface area contributed by atoms with Crippen molar-refractivity contribution in [3.63, 3.8) is 0 Å². The van der Waals surface area contributed by atoms with Crippen LogP contribution in [0.4, 0.5) is 5.69 Å². The lowest BCUT2D eigenvalue weighted by atomic mass is 9.87. The highest BCUT2D eigenvalue weighted by Gasteiger charge is 2.23. The third-order valence-corrected chi connectivity index (χ3v) is 4.57. The lowest BCUT2D eigenvalue weighted by Gasteiger charge is -2.27. The molecule has 1 aromatic heterocycles. The van der Waals surface area contributed by atoms with Gasteiger partial charge in [0.05, 0.1) is 6.54 Å². The number of anilines is 1. The maximum absolute atomic E-state index is 12.2. The van der Waals surface area contributed by atoms with Gasteiger partial charge in [-0.3, -0.25) is 14.3 Å². The molecule has 2 atom stereocenters. The molecule has 2 aromatic rings. The first-order valence-electron chi connectivity index (χ1n) is 8.78. The quantitative estimate of drug-likeness (QED) is 0.840. The minimum atomic E-state index is -0.616. The summed E-state index contributed by atoms with van der Waals surface area (Å²) < 4.78 is 1.80. The van der Waals surface area contributed by atoms with Crippen LogP contribution in [-0.4, -0.2) is 27.6 Å². The van der Waals surface area contributed by atoms with Crippen LogP contribution in [0.25, 0.3) is 0 Å². The molecule has 132 valence electrons. The lowest BCUT2D eigenvalue weighted by molar-refractivity contribution is -0.136. The Morgan fingerprint density at radius 1 is 1.24 bits per heavy atom. The van der Waals surface area contributed by atoms with Crippen LogP contribution < -0.4 is 10.6 Å². The van der Waals surface area contributed by atoms with E-state index < -0.39 is 11.8 Å². The Kier molecular flexibility index (Phi) is 5.48. The molecule has 1 aliphatic rings. The Labute approximate surface area is 147 Å². The fourth-order valence-electron chi connectivity index (χ4n) is 3.33. The summed E-state index contributed by atoms with van der Waals surface area (Å²) in [5.41, 5.74) is 1.62. The molecule has 2 N–H and O–H groups in total. The SMILES string of the molecule is CC1CCCC(NC(=O)C(=O)Nc2cccc(Cn3cccn3)c2)C1. The summed E-state index contributed by atoms with van der Waals surface area (Å²) in [5.74, 6) is -0.577. The number of hydrogen-bond acceptors (Lipinski definition) is 3. The summed E-state index contributed by atoms with van der Waals surface area (Å²) in [7, 11) is 0. The van der Waals surface area contributed by atoms with Crippen molar-refractivity contribution in [3.05, 3.63) is 48.3 Å². The molecule has 6 heteroatoms. The fraction of sp³-hybridized carbons (Fsp3) is 0.421. The molecule has 0 saturated heterocycles. The third-order valence-electron chi connectivity index (χ3n) is 4.57. The van der Waals surface area contributed by atoms with Gasteiger partial charge in [-0.05, 0) is 42.5 Å². The van der Waals surface area contributed by atoms with Gasteiger partial charge in [0.25, 0.3) is 0 Å². The average Bonchev–Trinajstić information content (AvgIpc) is 3.08. The van der Waals surface area contributed by atoms with Crippen LogP contribution in [0.2, 0.25) is 0 Å². The molecule has 1 aliphatic carbocycles. The number of carbonyl (C=O) groups is 2. The number of carbonyl (C=O) groups excluding carboxylic acids is 2. The van der Waals surface area contributed by atoms with Crippen molar-refractivity contribution >= 4 is 17.5 Å². The number of hydrogen-bond donors (Lipinski definition) is 2. The maximum atomic E-state index is 12.2. The number of nitrogens with zero attached hydrogens (tertiary/aromatic N) is 2. The normalized spacial score (nSPS) is 20.0. The molecule has 1 saturated carbocycles. The summed E-state index contributed by atoms with van der Waals surface area (Å²) in [6.07, 6.45) is 7.79. The summed E-state index contributed by atoms with van der Waals surface area (Å²) in [5, 5.41) is 9.70. The van der Waals surface area contributed by atoms with E-state index in [4.69, 9.17) is 0 Å². The summed E-state index contributed by atoms with van der Waals surface area (Å²) in [6, 6.07) is 9.42. The van der Waals surface area contributed by atoms with E-state index in [1.807, 2.05) is 30.5 Å². The van der Waals surface area contributed by atoms with Crippen molar-refractivity contribution in [2.24, 2.45) is 5.92 Å². The maximum Gasteiger partial charge on any atom is 0.313 e. The van der Waals surface area contributed by atoms with E-state index in [9.17, 15) is 9.59 Å². The molecule has 0 aliphatic heterocycles. The summed E-state index contributed by atoms with van der Waals surface area (Å²) >= 11 is 0. The molecule has 1 fully saturated rings. The van der Waals surface area contributed by atoms with Gasteiger partial charge in [-0.15, -0.1) is 0 Å². The predicted molar refractivity (Wildman–Crippen MR) is 96.0 cm³/mol. The summed E-state index contributed by atoms with van der Waals surface area (Å²) in [4.78, 5) is 24.3. The Bertz CT molecular complexity index is 727. The van der Waals surface area contributed by atoms with Gasteiger partial charge in [0.2, 0.25) is 0 Å². The van der Waals surface area contributed by atoms with Crippen molar-refractivity contribution in [1.82, 2.24) is 15.1 Å². The van der Waals surface area contributed by atoms with E-state index in [0.29, 0.717) is 18.2 Å². The first kappa shape index (κ1) is 17.2. The van der Waals surface area contributed by atoms with Crippen LogP contribution in [0.1, 0.15) is 38.2 Å². The van der Waals surface area contributed by atoms with Crippen LogP contribution >= 0.6 is 0 Å². The standard InChI is InChI=1S/C19H24N4O2/c1-14-5-2-7-16(11-14)21-18(24)19(25)22-17-8-3-6-15(12-17)13-23-10-4-9-20-23/h3-4,6,8-10,12,14,16H,2,5,7,11,13H2,1H3,(H,21,24)(H,22,25). The molecule has 0 radical (unpaired) electrons. The Hall–Kier alpha value is -2.63. The lowest BCUT2D eigenvalue weighted by Crippen LogP contribution is -2.43. The molecular formula is C19H24N4O2. The molecule has 1 aromatic carbocycles. The van der Waals surface area contributed by atoms with Gasteiger partial charge in [-0.2, -0.15) is 5.10 Å². The van der Waals surface area contributed by atoms with Crippen LogP contribution in [0, 0.1) is 5.92 Å². The van der Waals surface area contributed by atoms with Crippen LogP contribution in [0.5, 0.6) is 0 Å². The summed E-state index contributed by atoms with van der Waals surface area (Å²) in [6.45, 7) is 2.80. The monoisotopic (exact) mass is 340 g/mol. The number of amides is 2. The number of aromatic nitrogens is 2. The van der Waals surface area contributed by atoms with E-state index in [1.54, 1.807) is 16.9 Å². The second-order valence-electron chi connectivity index (χ2n) is 6.80. The third kappa shape index (κ3) is 4.92. The first-order valence-corrected chi connectivity index (χ1v) is 8.78. The zero-order valence-corrected chi connectivity index (χ0v) is 14.4. The van der Waals surface area contributed by atoms with Gasteiger partial charge in [0.1, 0.15) is 0 Å². The molecule has 1 heterocycles. The van der Waals surface area contributed by atoms with E-state index in [2.05, 4.69) is 22.7 Å². The van der Waals surface area contributed by atoms with Gasteiger partial charge in [0, 0.05) is 24.1 Å².